The van der Waals surface area contributed by atoms with E-state index in [2.05, 4.69) is 31.6 Å². The van der Waals surface area contributed by atoms with Crippen LogP contribution in [0.15, 0.2) is 102 Å². The van der Waals surface area contributed by atoms with Crippen LogP contribution in [0.3, 0.4) is 0 Å². The predicted octanol–water partition coefficient (Wildman–Crippen LogP) is 4.33. The number of fused-ring (bicyclic) bond motifs is 15. The quantitative estimate of drug-likeness (QED) is 0.0505. The Morgan fingerprint density at radius 2 is 1.40 bits per heavy atom. The number of aromatic nitrogens is 1. The second-order valence-corrected chi connectivity index (χ2v) is 34.6. The van der Waals surface area contributed by atoms with Crippen molar-refractivity contribution < 1.29 is 138 Å². The number of hydrogen-bond acceptors (Lipinski definition) is 32. The molecule has 8 aliphatic rings. The third-order valence-electron chi connectivity index (χ3n) is 22.5. The molecule has 0 spiro atoms. The highest BCUT2D eigenvalue weighted by molar-refractivity contribution is 7.20. The van der Waals surface area contributed by atoms with Crippen molar-refractivity contribution in [3.8, 4) is 67.0 Å². The Kier molecular flexibility index (Phi) is 28.2. The van der Waals surface area contributed by atoms with Crippen molar-refractivity contribution >= 4 is 92.9 Å². The number of carboxylic acid groups (broad SMARTS) is 1. The molecule has 123 heavy (non-hydrogen) atoms. The number of carboxylic acids is 1. The number of Topliss-reactive ketones (excluding diaryl/α,β-unsaturated/α-hetero) is 2. The maximum Gasteiger partial charge on any atom is 0.330 e. The van der Waals surface area contributed by atoms with E-state index in [-0.39, 0.29) is 59.3 Å². The number of aliphatic hydroxyl groups is 8. The molecular formula is C83H94Cl2N8O28S2. The zero-order valence-electron chi connectivity index (χ0n) is 66.5. The van der Waals surface area contributed by atoms with Gasteiger partial charge in [-0.15, -0.1) is 22.7 Å². The molecule has 5 amide bonds. The average molecular weight is 1790 g/mol. The highest BCUT2D eigenvalue weighted by Gasteiger charge is 2.53. The van der Waals surface area contributed by atoms with Gasteiger partial charge in [0.15, 0.2) is 41.7 Å². The minimum atomic E-state index is -2.34. The lowest BCUT2D eigenvalue weighted by molar-refractivity contribution is -0.350. The summed E-state index contributed by atoms with van der Waals surface area (Å²) in [5, 5.41) is 156. The first-order valence-electron chi connectivity index (χ1n) is 39.5. The van der Waals surface area contributed by atoms with Crippen LogP contribution in [-0.2, 0) is 68.6 Å². The smallest absolute Gasteiger partial charge is 0.330 e. The summed E-state index contributed by atoms with van der Waals surface area (Å²) in [5.41, 5.74) is 9.17. The fraction of sp³-hybridized carbons (Fsp3) is 0.458. The number of nitrogens with zero attached hydrogens (tertiary/aromatic N) is 1. The molecule has 40 heteroatoms. The maximum absolute atomic E-state index is 16.6. The number of aromatic hydroxyl groups is 3. The van der Waals surface area contributed by atoms with Gasteiger partial charge in [0.1, 0.15) is 113 Å². The number of thiophene rings is 1. The molecule has 0 radical (unpaired) electrons. The molecule has 5 aromatic carbocycles. The van der Waals surface area contributed by atoms with Crippen molar-refractivity contribution in [1.82, 2.24) is 31.6 Å². The van der Waals surface area contributed by atoms with Gasteiger partial charge in [-0.05, 0) is 121 Å². The van der Waals surface area contributed by atoms with Crippen LogP contribution in [0.2, 0.25) is 10.0 Å². The van der Waals surface area contributed by atoms with Crippen molar-refractivity contribution in [2.75, 3.05) is 13.2 Å². The number of aliphatic carboxylic acids is 1. The molecule has 0 aliphatic carbocycles. The maximum atomic E-state index is 16.6. The molecule has 10 heterocycles. The predicted molar refractivity (Wildman–Crippen MR) is 436 cm³/mol. The van der Waals surface area contributed by atoms with E-state index in [1.54, 1.807) is 6.92 Å². The summed E-state index contributed by atoms with van der Waals surface area (Å²) in [7, 11) is 0. The van der Waals surface area contributed by atoms with E-state index in [0.717, 1.165) is 58.4 Å². The number of phenolic OH excluding ortho intramolecular Hbond substituents is 3. The summed E-state index contributed by atoms with van der Waals surface area (Å²) < 4.78 is 51.4. The zero-order chi connectivity index (χ0) is 88.6. The number of ether oxygens (including phenoxy) is 8. The Morgan fingerprint density at radius 3 is 2.04 bits per heavy atom. The fourth-order valence-corrected chi connectivity index (χ4v) is 18.1. The van der Waals surface area contributed by atoms with Crippen molar-refractivity contribution in [1.29, 1.82) is 0 Å². The molecule has 660 valence electrons. The summed E-state index contributed by atoms with van der Waals surface area (Å²) in [5.74, 6) is -19.7. The Bertz CT molecular complexity index is 5120. The molecule has 23 atom stereocenters. The summed E-state index contributed by atoms with van der Waals surface area (Å²) >= 11 is 17.4. The van der Waals surface area contributed by atoms with Gasteiger partial charge in [0.25, 0.3) is 0 Å². The molecule has 0 saturated carbocycles. The topological polar surface area (TPSA) is 578 Å². The number of phenols is 3. The van der Waals surface area contributed by atoms with Crippen LogP contribution in [0.1, 0.15) is 137 Å². The molecule has 3 fully saturated rings. The number of primary amides is 1. The third-order valence-corrected chi connectivity index (χ3v) is 25.0. The molecule has 3 saturated heterocycles. The van der Waals surface area contributed by atoms with Gasteiger partial charge < -0.3 is 137 Å². The average Bonchev–Trinajstić information content (AvgIpc) is 1.62. The first kappa shape index (κ1) is 91.1. The minimum Gasteiger partial charge on any atom is -0.508 e. The molecule has 15 rings (SSSR count). The molecule has 21 N–H and O–H groups in total. The second-order valence-electron chi connectivity index (χ2n) is 31.9. The molecular weight excluding hydrogens is 1690 g/mol. The van der Waals surface area contributed by atoms with Gasteiger partial charge in [0.05, 0.1) is 51.3 Å². The van der Waals surface area contributed by atoms with Crippen LogP contribution < -0.4 is 52.3 Å². The number of carbonyl (C=O) groups excluding carboxylic acids is 7. The summed E-state index contributed by atoms with van der Waals surface area (Å²) in [6.07, 6.45) is -30.3. The summed E-state index contributed by atoms with van der Waals surface area (Å²) in [6, 6.07) is 9.32. The number of ketones is 2. The summed E-state index contributed by atoms with van der Waals surface area (Å²) in [4.78, 5) is 126. The SMILES string of the molecule is CC[C@H](CC(C)C)C(=O)N[C@H]1C(=O)C[C@@H](CC(N)=O)C(=O)N[C@H]2C(=O)C[C@H]3C(=O)N[C@H](C(=O)N[C@@H](C(=O)O)c4cc(O)cc(O)c4-c4cc3ccc4O)[C@H](OC3C[C@](C)(N)[C@@H](O)[C@H](C)O3)c3ccc(c(Cl)c3)Oc3cc2cc(c3O[C@@H]2O[C@H](CO)[C@@H](O[C@@H]3O[C@H](CNCc4csc(-c5cccs5)n4)[C@H](O)[C@H](O)[C@H]3O)[C@H](O)[C@H]2O)Oc2ccc(cc2Cl)[C@H]1O. The van der Waals surface area contributed by atoms with E-state index in [1.807, 2.05) is 36.7 Å². The fourth-order valence-electron chi connectivity index (χ4n) is 16.0. The Hall–Kier alpha value is -9.63. The van der Waals surface area contributed by atoms with Crippen molar-refractivity contribution in [3.05, 3.63) is 145 Å². The van der Waals surface area contributed by atoms with Crippen molar-refractivity contribution in [2.24, 2.45) is 29.2 Å². The number of rotatable bonds is 20. The largest absolute Gasteiger partial charge is 0.508 e. The minimum absolute atomic E-state index is 0.0444. The van der Waals surface area contributed by atoms with E-state index in [9.17, 15) is 75.7 Å². The Morgan fingerprint density at radius 1 is 0.724 bits per heavy atom. The van der Waals surface area contributed by atoms with E-state index >= 15 is 24.0 Å². The molecule has 11 bridgehead atoms. The molecule has 36 nitrogen and oxygen atoms in total. The van der Waals surface area contributed by atoms with Crippen LogP contribution >= 0.6 is 45.9 Å². The van der Waals surface area contributed by atoms with E-state index in [1.165, 1.54) is 66.9 Å². The Balaban J connectivity index is 0.977. The van der Waals surface area contributed by atoms with Gasteiger partial charge in [0.2, 0.25) is 41.6 Å². The molecule has 7 aromatic rings. The number of halogens is 2. The molecule has 1 unspecified atom stereocenters. The van der Waals surface area contributed by atoms with Crippen LogP contribution in [0, 0.1) is 17.8 Å². The lowest BCUT2D eigenvalue weighted by Crippen LogP contribution is -2.65. The third kappa shape index (κ3) is 19.9. The van der Waals surface area contributed by atoms with Gasteiger partial charge in [-0.25, -0.2) is 9.78 Å². The number of benzene rings is 5. The first-order chi connectivity index (χ1) is 58.4. The normalized spacial score (nSPS) is 30.2. The lowest BCUT2D eigenvalue weighted by atomic mass is 9.84. The Labute approximate surface area is 720 Å². The van der Waals surface area contributed by atoms with E-state index < -0.39 is 280 Å². The lowest BCUT2D eigenvalue weighted by Gasteiger charge is -2.46. The monoisotopic (exact) mass is 1780 g/mol. The van der Waals surface area contributed by atoms with Gasteiger partial charge in [-0.3, -0.25) is 33.6 Å². The molecule has 8 aliphatic heterocycles. The van der Waals surface area contributed by atoms with Crippen molar-refractivity contribution in [3.63, 3.8) is 0 Å². The highest BCUT2D eigenvalue weighted by atomic mass is 35.5. The van der Waals surface area contributed by atoms with Gasteiger partial charge in [-0.2, -0.15) is 0 Å². The van der Waals surface area contributed by atoms with Crippen LogP contribution in [0.4, 0.5) is 0 Å². The number of aliphatic hydroxyl groups excluding tert-OH is 8. The van der Waals surface area contributed by atoms with Crippen LogP contribution in [-0.4, -0.2) is 224 Å². The first-order valence-corrected chi connectivity index (χ1v) is 42.0. The van der Waals surface area contributed by atoms with Crippen molar-refractivity contribution in [2.45, 2.75) is 207 Å². The number of amides is 5. The zero-order valence-corrected chi connectivity index (χ0v) is 69.7. The second kappa shape index (κ2) is 38.1. The number of thiazole rings is 1. The van der Waals surface area contributed by atoms with E-state index in [0.29, 0.717) is 12.1 Å². The number of nitrogens with one attached hydrogen (secondary N) is 5. The van der Waals surface area contributed by atoms with Gasteiger partial charge in [-0.1, -0.05) is 68.2 Å². The van der Waals surface area contributed by atoms with Gasteiger partial charge >= 0.3 is 5.97 Å². The standard InChI is InChI=1S/C83H94Cl2N8O28S2/c1-6-34(16-32(2)3)75(108)92-63-49(98)20-39(23-58(86)100)76(109)90-61-38-21-53(115-51-13-10-36(65(63)101)18-45(51)84)72(120-82-70(106)68(104)73(56(30-94)118-82)121-81-69(105)67(103)66(102)55(117-81)29-88-28-40-31-123-79(89-40)57-8-7-15-122-57)54(22-38)116-52-14-11-37(19-46(52)85)71(119-59-27-83(5,87)74(107)33(4)114-59)64-78(111)91-62(80(112)113)44-24-41(95)25-48(97)60(44)43-17-35(9-12-47(43)96)42(26-50(61)99)77(110)93-64/h7-15,17-19,21-22,24-25,31-34,39,42,55-56,59,61-71,73-74,81-82,88,94-97,101-107H,6,16,20,23,26-30,87H2,1-5H3,(H2,86,100)(H,90,109)(H,91,111)(H,92,108)(H,93,110)(H,112,113)/t33-,34+,39-,42+,55+,56+,59?,61+,62+,63-,64-,65+,66-,67-,68+,69+,70+,71+,73+,74-,81-,82-,83-/m0/s1. The number of carbonyl (C=O) groups is 8. The number of nitrogens with two attached hydrogens (primary N) is 2. The molecule has 2 aromatic heterocycles. The summed E-state index contributed by atoms with van der Waals surface area (Å²) in [6.45, 7) is 7.31. The van der Waals surface area contributed by atoms with Gasteiger partial charge in [0, 0.05) is 78.4 Å². The van der Waals surface area contributed by atoms with E-state index in [4.69, 9.17) is 72.6 Å². The highest BCUT2D eigenvalue weighted by Crippen LogP contribution is 2.51. The van der Waals surface area contributed by atoms with Crippen LogP contribution in [0.5, 0.6) is 46.0 Å². The number of hydrogen-bond donors (Lipinski definition) is 19. The van der Waals surface area contributed by atoms with Crippen LogP contribution in [0.25, 0.3) is 21.0 Å².